The molecule has 0 unspecified atom stereocenters. The Labute approximate surface area is 109 Å². The molecule has 17 heavy (non-hydrogen) atoms. The minimum Gasteiger partial charge on any atom is -0.426 e. The Morgan fingerprint density at radius 3 is 2.71 bits per heavy atom. The highest BCUT2D eigenvalue weighted by atomic mass is 35.5. The summed E-state index contributed by atoms with van der Waals surface area (Å²) >= 11 is 10.7. The monoisotopic (exact) mass is 267 g/mol. The van der Waals surface area contributed by atoms with Gasteiger partial charge < -0.3 is 14.9 Å². The van der Waals surface area contributed by atoms with Gasteiger partial charge in [0.05, 0.1) is 0 Å². The minimum atomic E-state index is 0.201. The summed E-state index contributed by atoms with van der Waals surface area (Å²) < 4.78 is 10.8. The van der Waals surface area contributed by atoms with Crippen LogP contribution in [0.5, 0.6) is 11.7 Å². The number of furan rings is 1. The molecule has 0 amide bonds. The molecular weight excluding hydrogens is 258 g/mol. The van der Waals surface area contributed by atoms with Gasteiger partial charge in [0, 0.05) is 11.1 Å². The van der Waals surface area contributed by atoms with Crippen molar-refractivity contribution in [3.05, 3.63) is 46.7 Å². The van der Waals surface area contributed by atoms with E-state index < -0.39 is 0 Å². The van der Waals surface area contributed by atoms with Gasteiger partial charge in [-0.3, -0.25) is 0 Å². The number of hydrogen-bond donors (Lipinski definition) is 1. The lowest BCUT2D eigenvalue weighted by molar-refractivity contribution is 0.344. The number of rotatable bonds is 3. The van der Waals surface area contributed by atoms with E-state index in [0.29, 0.717) is 22.5 Å². The molecule has 0 bridgehead atoms. The summed E-state index contributed by atoms with van der Waals surface area (Å²) in [4.78, 5) is 0.201. The SMILES string of the molecule is Cc1cc(Oc2ccc(C(N)=S)o2)ccc1Cl. The van der Waals surface area contributed by atoms with Gasteiger partial charge in [-0.2, -0.15) is 0 Å². The maximum absolute atomic E-state index is 5.92. The van der Waals surface area contributed by atoms with E-state index in [0.717, 1.165) is 5.56 Å². The molecule has 2 rings (SSSR count). The number of thiocarbonyl (C=S) groups is 1. The second-order valence-electron chi connectivity index (χ2n) is 3.50. The van der Waals surface area contributed by atoms with Crippen molar-refractivity contribution in [2.24, 2.45) is 5.73 Å². The van der Waals surface area contributed by atoms with Crippen LogP contribution in [0.25, 0.3) is 0 Å². The number of halogens is 1. The van der Waals surface area contributed by atoms with E-state index in [9.17, 15) is 0 Å². The first-order chi connectivity index (χ1) is 8.06. The molecule has 0 aliphatic rings. The second kappa shape index (κ2) is 4.77. The molecule has 2 aromatic rings. The first kappa shape index (κ1) is 12.0. The molecule has 1 aromatic heterocycles. The smallest absolute Gasteiger partial charge is 0.290 e. The molecule has 1 heterocycles. The van der Waals surface area contributed by atoms with Crippen molar-refractivity contribution in [1.29, 1.82) is 0 Å². The number of benzene rings is 1. The largest absolute Gasteiger partial charge is 0.426 e. The number of aryl methyl sites for hydroxylation is 1. The topological polar surface area (TPSA) is 48.4 Å². The van der Waals surface area contributed by atoms with Crippen molar-refractivity contribution < 1.29 is 9.15 Å². The van der Waals surface area contributed by atoms with E-state index in [2.05, 4.69) is 0 Å². The van der Waals surface area contributed by atoms with Gasteiger partial charge in [0.2, 0.25) is 0 Å². The third kappa shape index (κ3) is 2.78. The van der Waals surface area contributed by atoms with Crippen molar-refractivity contribution in [1.82, 2.24) is 0 Å². The Morgan fingerprint density at radius 2 is 2.12 bits per heavy atom. The van der Waals surface area contributed by atoms with E-state index in [-0.39, 0.29) is 4.99 Å². The molecule has 2 N–H and O–H groups in total. The van der Waals surface area contributed by atoms with Crippen LogP contribution in [0.4, 0.5) is 0 Å². The highest BCUT2D eigenvalue weighted by molar-refractivity contribution is 7.80. The van der Waals surface area contributed by atoms with E-state index >= 15 is 0 Å². The first-order valence-corrected chi connectivity index (χ1v) is 5.68. The maximum atomic E-state index is 5.92. The number of hydrogen-bond acceptors (Lipinski definition) is 3. The fourth-order valence-electron chi connectivity index (χ4n) is 1.30. The molecule has 0 spiro atoms. The lowest BCUT2D eigenvalue weighted by atomic mass is 10.2. The first-order valence-electron chi connectivity index (χ1n) is 4.90. The molecule has 3 nitrogen and oxygen atoms in total. The molecular formula is C12H10ClNO2S. The van der Waals surface area contributed by atoms with E-state index in [1.165, 1.54) is 0 Å². The zero-order valence-electron chi connectivity index (χ0n) is 9.07. The van der Waals surface area contributed by atoms with Crippen molar-refractivity contribution >= 4 is 28.8 Å². The Balaban J connectivity index is 2.19. The van der Waals surface area contributed by atoms with Gasteiger partial charge in [-0.05, 0) is 36.8 Å². The second-order valence-corrected chi connectivity index (χ2v) is 4.34. The molecule has 0 saturated heterocycles. The fraction of sp³-hybridized carbons (Fsp3) is 0.0833. The molecule has 88 valence electrons. The lowest BCUT2D eigenvalue weighted by Crippen LogP contribution is -2.07. The van der Waals surface area contributed by atoms with Crippen LogP contribution >= 0.6 is 23.8 Å². The average Bonchev–Trinajstić information content (AvgIpc) is 2.72. The summed E-state index contributed by atoms with van der Waals surface area (Å²) in [6, 6.07) is 8.69. The third-order valence-electron chi connectivity index (χ3n) is 2.17. The Kier molecular flexibility index (Phi) is 3.36. The summed E-state index contributed by atoms with van der Waals surface area (Å²) in [5, 5.41) is 0.695. The number of nitrogens with two attached hydrogens (primary N) is 1. The predicted octanol–water partition coefficient (Wildman–Crippen LogP) is 3.67. The summed E-state index contributed by atoms with van der Waals surface area (Å²) in [6.45, 7) is 1.90. The van der Waals surface area contributed by atoms with Crippen LogP contribution in [-0.4, -0.2) is 4.99 Å². The van der Waals surface area contributed by atoms with E-state index in [4.69, 9.17) is 38.7 Å². The molecule has 0 fully saturated rings. The van der Waals surface area contributed by atoms with Crippen LogP contribution in [0.2, 0.25) is 5.02 Å². The third-order valence-corrected chi connectivity index (χ3v) is 2.80. The standard InChI is InChI=1S/C12H10ClNO2S/c1-7-6-8(2-3-9(7)13)15-11-5-4-10(16-11)12(14)17/h2-6H,1H3,(H2,14,17). The lowest BCUT2D eigenvalue weighted by Gasteiger charge is -2.04. The fourth-order valence-corrected chi connectivity index (χ4v) is 1.53. The molecule has 0 aliphatic heterocycles. The summed E-state index contributed by atoms with van der Waals surface area (Å²) in [5.41, 5.74) is 6.36. The van der Waals surface area contributed by atoms with E-state index in [1.54, 1.807) is 24.3 Å². The van der Waals surface area contributed by atoms with Crippen molar-refractivity contribution in [3.8, 4) is 11.7 Å². The maximum Gasteiger partial charge on any atom is 0.290 e. The Bertz CT molecular complexity index is 565. The molecule has 0 radical (unpaired) electrons. The van der Waals surface area contributed by atoms with Crippen LogP contribution in [0.3, 0.4) is 0 Å². The van der Waals surface area contributed by atoms with Crippen LogP contribution in [0.15, 0.2) is 34.7 Å². The van der Waals surface area contributed by atoms with Gasteiger partial charge in [0.25, 0.3) is 5.95 Å². The van der Waals surface area contributed by atoms with Gasteiger partial charge in [-0.15, -0.1) is 0 Å². The summed E-state index contributed by atoms with van der Waals surface area (Å²) in [6.07, 6.45) is 0. The van der Waals surface area contributed by atoms with Gasteiger partial charge in [-0.1, -0.05) is 23.8 Å². The zero-order valence-corrected chi connectivity index (χ0v) is 10.6. The van der Waals surface area contributed by atoms with Crippen LogP contribution in [0, 0.1) is 6.92 Å². The molecule has 5 heteroatoms. The molecule has 0 atom stereocenters. The molecule has 0 saturated carbocycles. The van der Waals surface area contributed by atoms with Crippen LogP contribution < -0.4 is 10.5 Å². The Hall–Kier alpha value is -1.52. The average molecular weight is 268 g/mol. The normalized spacial score (nSPS) is 10.2. The highest BCUT2D eigenvalue weighted by Gasteiger charge is 2.06. The number of ether oxygens (including phenoxy) is 1. The van der Waals surface area contributed by atoms with Crippen molar-refractivity contribution in [3.63, 3.8) is 0 Å². The Morgan fingerprint density at radius 1 is 1.35 bits per heavy atom. The zero-order chi connectivity index (χ0) is 12.4. The van der Waals surface area contributed by atoms with Gasteiger partial charge in [0.15, 0.2) is 5.76 Å². The van der Waals surface area contributed by atoms with Gasteiger partial charge in [-0.25, -0.2) is 0 Å². The molecule has 1 aromatic carbocycles. The quantitative estimate of drug-likeness (QED) is 0.862. The van der Waals surface area contributed by atoms with Crippen molar-refractivity contribution in [2.45, 2.75) is 6.92 Å². The molecule has 0 aliphatic carbocycles. The highest BCUT2D eigenvalue weighted by Crippen LogP contribution is 2.27. The predicted molar refractivity (Wildman–Crippen MR) is 70.9 cm³/mol. The van der Waals surface area contributed by atoms with Gasteiger partial charge >= 0.3 is 0 Å². The van der Waals surface area contributed by atoms with Crippen LogP contribution in [-0.2, 0) is 0 Å². The van der Waals surface area contributed by atoms with Crippen molar-refractivity contribution in [2.75, 3.05) is 0 Å². The summed E-state index contributed by atoms with van der Waals surface area (Å²) in [5.74, 6) is 1.42. The van der Waals surface area contributed by atoms with E-state index in [1.807, 2.05) is 13.0 Å². The summed E-state index contributed by atoms with van der Waals surface area (Å²) in [7, 11) is 0. The minimum absolute atomic E-state index is 0.201. The van der Waals surface area contributed by atoms with Crippen LogP contribution in [0.1, 0.15) is 11.3 Å². The van der Waals surface area contributed by atoms with Gasteiger partial charge in [0.1, 0.15) is 10.7 Å².